The van der Waals surface area contributed by atoms with Gasteiger partial charge in [-0.25, -0.2) is 0 Å². The molecule has 94 valence electrons. The van der Waals surface area contributed by atoms with Crippen LogP contribution in [0.1, 0.15) is 11.3 Å². The number of benzene rings is 1. The summed E-state index contributed by atoms with van der Waals surface area (Å²) in [6, 6.07) is 11.1. The lowest BCUT2D eigenvalue weighted by atomic mass is 10.1. The largest absolute Gasteiger partial charge is 0.469 e. The monoisotopic (exact) mass is 244 g/mol. The summed E-state index contributed by atoms with van der Waals surface area (Å²) >= 11 is 0. The molecule has 0 atom stereocenters. The molecule has 1 aromatic heterocycles. The Kier molecular flexibility index (Phi) is 4.02. The number of nitrogens with two attached hydrogens (primary N) is 1. The molecule has 0 spiro atoms. The van der Waals surface area contributed by atoms with Crippen LogP contribution in [0.4, 0.5) is 5.69 Å². The first kappa shape index (κ1) is 12.2. The van der Waals surface area contributed by atoms with Gasteiger partial charge in [-0.3, -0.25) is 4.79 Å². The van der Waals surface area contributed by atoms with Crippen molar-refractivity contribution in [2.24, 2.45) is 0 Å². The topological polar surface area (TPSA) is 68.3 Å². The molecule has 1 aromatic carbocycles. The number of carbonyl (C=O) groups is 1. The van der Waals surface area contributed by atoms with Crippen LogP contribution in [0.25, 0.3) is 0 Å². The average molecular weight is 244 g/mol. The molecule has 0 saturated heterocycles. The zero-order valence-electron chi connectivity index (χ0n) is 10.1. The molecular weight excluding hydrogens is 228 g/mol. The maximum atomic E-state index is 11.7. The SMILES string of the molecule is Nc1ccccc1CC(=O)NCCc1ccco1. The molecule has 0 bridgehead atoms. The molecule has 4 nitrogen and oxygen atoms in total. The lowest BCUT2D eigenvalue weighted by molar-refractivity contribution is -0.120. The van der Waals surface area contributed by atoms with Gasteiger partial charge in [0.1, 0.15) is 5.76 Å². The summed E-state index contributed by atoms with van der Waals surface area (Å²) in [6.07, 6.45) is 2.63. The standard InChI is InChI=1S/C14H16N2O2/c15-13-6-2-1-4-11(13)10-14(17)16-8-7-12-5-3-9-18-12/h1-6,9H,7-8,10,15H2,(H,16,17). The predicted octanol–water partition coefficient (Wildman–Crippen LogP) is 1.76. The van der Waals surface area contributed by atoms with Crippen LogP contribution in [0.15, 0.2) is 47.1 Å². The zero-order chi connectivity index (χ0) is 12.8. The Morgan fingerprint density at radius 2 is 2.06 bits per heavy atom. The Hall–Kier alpha value is -2.23. The van der Waals surface area contributed by atoms with Gasteiger partial charge in [-0.05, 0) is 23.8 Å². The molecule has 3 N–H and O–H groups in total. The van der Waals surface area contributed by atoms with Gasteiger partial charge in [0.25, 0.3) is 0 Å². The van der Waals surface area contributed by atoms with E-state index in [2.05, 4.69) is 5.32 Å². The van der Waals surface area contributed by atoms with Gasteiger partial charge < -0.3 is 15.5 Å². The Balaban J connectivity index is 1.77. The summed E-state index contributed by atoms with van der Waals surface area (Å²) in [5.74, 6) is 0.842. The van der Waals surface area contributed by atoms with E-state index >= 15 is 0 Å². The minimum atomic E-state index is -0.0283. The van der Waals surface area contributed by atoms with E-state index in [0.29, 0.717) is 25.1 Å². The van der Waals surface area contributed by atoms with E-state index in [1.54, 1.807) is 12.3 Å². The smallest absolute Gasteiger partial charge is 0.224 e. The summed E-state index contributed by atoms with van der Waals surface area (Å²) in [7, 11) is 0. The predicted molar refractivity (Wildman–Crippen MR) is 70.0 cm³/mol. The molecule has 0 aliphatic carbocycles. The molecule has 4 heteroatoms. The second-order valence-corrected chi connectivity index (χ2v) is 4.05. The van der Waals surface area contributed by atoms with E-state index < -0.39 is 0 Å². The highest BCUT2D eigenvalue weighted by Gasteiger charge is 2.05. The number of furan rings is 1. The fourth-order valence-corrected chi connectivity index (χ4v) is 1.71. The lowest BCUT2D eigenvalue weighted by Gasteiger charge is -2.06. The normalized spacial score (nSPS) is 10.2. The number of rotatable bonds is 5. The van der Waals surface area contributed by atoms with Crippen LogP contribution in [0, 0.1) is 0 Å². The number of hydrogen-bond acceptors (Lipinski definition) is 3. The lowest BCUT2D eigenvalue weighted by Crippen LogP contribution is -2.27. The summed E-state index contributed by atoms with van der Waals surface area (Å²) < 4.78 is 5.18. The second kappa shape index (κ2) is 5.91. The van der Waals surface area contributed by atoms with E-state index in [1.165, 1.54) is 0 Å². The number of amides is 1. The first-order valence-electron chi connectivity index (χ1n) is 5.88. The van der Waals surface area contributed by atoms with Crippen LogP contribution >= 0.6 is 0 Å². The highest BCUT2D eigenvalue weighted by molar-refractivity contribution is 5.80. The van der Waals surface area contributed by atoms with Crippen molar-refractivity contribution in [1.29, 1.82) is 0 Å². The quantitative estimate of drug-likeness (QED) is 0.787. The van der Waals surface area contributed by atoms with Gasteiger partial charge in [-0.15, -0.1) is 0 Å². The van der Waals surface area contributed by atoms with E-state index in [9.17, 15) is 4.79 Å². The van der Waals surface area contributed by atoms with Crippen molar-refractivity contribution < 1.29 is 9.21 Å². The molecule has 0 aliphatic heterocycles. The summed E-state index contributed by atoms with van der Waals surface area (Å²) in [6.45, 7) is 0.569. The number of hydrogen-bond donors (Lipinski definition) is 2. The van der Waals surface area contributed by atoms with Crippen LogP contribution < -0.4 is 11.1 Å². The van der Waals surface area contributed by atoms with Crippen LogP contribution in [-0.2, 0) is 17.6 Å². The van der Waals surface area contributed by atoms with Crippen molar-refractivity contribution in [2.75, 3.05) is 12.3 Å². The first-order valence-corrected chi connectivity index (χ1v) is 5.88. The molecule has 2 rings (SSSR count). The molecule has 1 amide bonds. The Labute approximate surface area is 106 Å². The Morgan fingerprint density at radius 3 is 2.78 bits per heavy atom. The highest BCUT2D eigenvalue weighted by Crippen LogP contribution is 2.10. The zero-order valence-corrected chi connectivity index (χ0v) is 10.1. The fourth-order valence-electron chi connectivity index (χ4n) is 1.71. The van der Waals surface area contributed by atoms with Gasteiger partial charge >= 0.3 is 0 Å². The van der Waals surface area contributed by atoms with Crippen molar-refractivity contribution in [3.8, 4) is 0 Å². The molecule has 2 aromatic rings. The van der Waals surface area contributed by atoms with Crippen LogP contribution in [0.5, 0.6) is 0 Å². The third kappa shape index (κ3) is 3.38. The fraction of sp³-hybridized carbons (Fsp3) is 0.214. The van der Waals surface area contributed by atoms with Crippen molar-refractivity contribution >= 4 is 11.6 Å². The average Bonchev–Trinajstić information content (AvgIpc) is 2.85. The molecule has 1 heterocycles. The summed E-state index contributed by atoms with van der Waals surface area (Å²) in [5.41, 5.74) is 7.29. The number of para-hydroxylation sites is 1. The van der Waals surface area contributed by atoms with Gasteiger partial charge in [0.05, 0.1) is 12.7 Å². The minimum absolute atomic E-state index is 0.0283. The van der Waals surface area contributed by atoms with Crippen LogP contribution in [0.3, 0.4) is 0 Å². The third-order valence-corrected chi connectivity index (χ3v) is 2.68. The van der Waals surface area contributed by atoms with Gasteiger partial charge in [-0.1, -0.05) is 18.2 Å². The molecule has 0 fully saturated rings. The van der Waals surface area contributed by atoms with Gasteiger partial charge in [-0.2, -0.15) is 0 Å². The number of carbonyl (C=O) groups excluding carboxylic acids is 1. The van der Waals surface area contributed by atoms with E-state index in [-0.39, 0.29) is 5.91 Å². The maximum Gasteiger partial charge on any atom is 0.224 e. The van der Waals surface area contributed by atoms with E-state index in [1.807, 2.05) is 30.3 Å². The number of anilines is 1. The molecule has 0 saturated carbocycles. The van der Waals surface area contributed by atoms with Gasteiger partial charge in [0.15, 0.2) is 0 Å². The number of nitrogen functional groups attached to an aromatic ring is 1. The number of nitrogens with one attached hydrogen (secondary N) is 1. The minimum Gasteiger partial charge on any atom is -0.469 e. The molecule has 0 radical (unpaired) electrons. The van der Waals surface area contributed by atoms with E-state index in [4.69, 9.17) is 10.2 Å². The van der Waals surface area contributed by atoms with Gasteiger partial charge in [0.2, 0.25) is 5.91 Å². The second-order valence-electron chi connectivity index (χ2n) is 4.05. The van der Waals surface area contributed by atoms with Crippen LogP contribution in [-0.4, -0.2) is 12.5 Å². The van der Waals surface area contributed by atoms with Crippen molar-refractivity contribution in [3.63, 3.8) is 0 Å². The van der Waals surface area contributed by atoms with Crippen molar-refractivity contribution in [1.82, 2.24) is 5.32 Å². The van der Waals surface area contributed by atoms with Crippen molar-refractivity contribution in [3.05, 3.63) is 54.0 Å². The molecule has 18 heavy (non-hydrogen) atoms. The van der Waals surface area contributed by atoms with Gasteiger partial charge in [0, 0.05) is 18.7 Å². The van der Waals surface area contributed by atoms with E-state index in [0.717, 1.165) is 11.3 Å². The molecular formula is C14H16N2O2. The molecule has 0 aliphatic rings. The highest BCUT2D eigenvalue weighted by atomic mass is 16.3. The van der Waals surface area contributed by atoms with Crippen LogP contribution in [0.2, 0.25) is 0 Å². The summed E-state index contributed by atoms with van der Waals surface area (Å²) in [4.78, 5) is 11.7. The first-order chi connectivity index (χ1) is 8.75. The van der Waals surface area contributed by atoms with Crippen molar-refractivity contribution in [2.45, 2.75) is 12.8 Å². The Morgan fingerprint density at radius 1 is 1.22 bits per heavy atom. The Bertz CT molecular complexity index is 506. The summed E-state index contributed by atoms with van der Waals surface area (Å²) in [5, 5.41) is 2.84. The third-order valence-electron chi connectivity index (χ3n) is 2.68. The molecule has 0 unspecified atom stereocenters. The maximum absolute atomic E-state index is 11.7.